The minimum atomic E-state index is -3.15. The maximum Gasteiger partial charge on any atom is 0.336 e. The predicted molar refractivity (Wildman–Crippen MR) is 126 cm³/mol. The van der Waals surface area contributed by atoms with E-state index in [0.717, 1.165) is 0 Å². The molecule has 17 nitrogen and oxygen atoms in total. The highest BCUT2D eigenvalue weighted by atomic mass is 32.2. The van der Waals surface area contributed by atoms with Gasteiger partial charge < -0.3 is 58.6 Å². The fourth-order valence-corrected chi connectivity index (χ4v) is 4.56. The molecule has 3 heterocycles. The number of aliphatic hydroxyl groups excluding tert-OH is 5. The number of aliphatic carboxylic acids is 1. The monoisotopic (exact) mass is 592 g/mol. The molecular formula is C22H26NO16S-. The molecule has 0 spiro atoms. The first-order valence-corrected chi connectivity index (χ1v) is 12.7. The topological polar surface area (TPSA) is 267 Å². The number of aliphatic hydroxyl groups is 5. The third-order valence-corrected chi connectivity index (χ3v) is 6.62. The molecular weight excluding hydrogens is 566 g/mol. The average Bonchev–Trinajstić information content (AvgIpc) is 2.89. The lowest BCUT2D eigenvalue weighted by Crippen LogP contribution is -2.67. The number of nitrogens with one attached hydrogen (secondary N) is 1. The van der Waals surface area contributed by atoms with Gasteiger partial charge in [0.2, 0.25) is 6.29 Å². The lowest BCUT2D eigenvalue weighted by atomic mass is 9.96. The summed E-state index contributed by atoms with van der Waals surface area (Å²) in [5.74, 6) is -1.69. The van der Waals surface area contributed by atoms with E-state index in [4.69, 9.17) is 23.4 Å². The smallest absolute Gasteiger partial charge is 0.336 e. The van der Waals surface area contributed by atoms with Crippen LogP contribution in [0.1, 0.15) is 5.56 Å². The summed E-state index contributed by atoms with van der Waals surface area (Å²) >= 11 is -3.15. The third-order valence-electron chi connectivity index (χ3n) is 6.39. The molecule has 18 heteroatoms. The summed E-state index contributed by atoms with van der Waals surface area (Å²) in [5.41, 5.74) is 2.02. The highest BCUT2D eigenvalue weighted by Crippen LogP contribution is 2.31. The number of carboxylic acids is 1. The van der Waals surface area contributed by atoms with Crippen LogP contribution in [0.2, 0.25) is 0 Å². The van der Waals surface area contributed by atoms with E-state index in [2.05, 4.69) is 4.28 Å². The van der Waals surface area contributed by atoms with Gasteiger partial charge in [0.1, 0.15) is 65.4 Å². The van der Waals surface area contributed by atoms with Gasteiger partial charge in [-0.15, -0.1) is 0 Å². The molecule has 2 saturated heterocycles. The Morgan fingerprint density at radius 2 is 1.80 bits per heavy atom. The van der Waals surface area contributed by atoms with Crippen molar-refractivity contribution < 1.29 is 71.8 Å². The third kappa shape index (κ3) is 6.33. The van der Waals surface area contributed by atoms with E-state index < -0.39 is 90.9 Å². The fraction of sp³-hybridized carbons (Fsp3) is 0.545. The normalized spacial score (nSPS) is 35.4. The number of aryl methyl sites for hydroxylation is 1. The van der Waals surface area contributed by atoms with Gasteiger partial charge in [0.15, 0.2) is 12.4 Å². The van der Waals surface area contributed by atoms with Gasteiger partial charge in [0, 0.05) is 17.5 Å². The Morgan fingerprint density at radius 1 is 1.07 bits per heavy atom. The molecule has 4 rings (SSSR count). The van der Waals surface area contributed by atoms with Gasteiger partial charge in [-0.05, 0) is 24.6 Å². The molecule has 222 valence electrons. The van der Waals surface area contributed by atoms with Crippen molar-refractivity contribution in [1.29, 1.82) is 0 Å². The molecule has 2 fully saturated rings. The van der Waals surface area contributed by atoms with Crippen LogP contribution in [-0.4, -0.2) is 113 Å². The molecule has 0 aliphatic carbocycles. The lowest BCUT2D eigenvalue weighted by molar-refractivity contribution is -0.336. The maximum absolute atomic E-state index is 12.0. The number of carboxylic acid groups (broad SMARTS) is 1. The average molecular weight is 593 g/mol. The molecule has 7 N–H and O–H groups in total. The van der Waals surface area contributed by atoms with Crippen LogP contribution in [0.5, 0.6) is 5.75 Å². The first-order chi connectivity index (χ1) is 18.9. The summed E-state index contributed by atoms with van der Waals surface area (Å²) in [4.78, 5) is 23.8. The molecule has 0 bridgehead atoms. The number of hydrogen-bond acceptors (Lipinski definition) is 16. The van der Waals surface area contributed by atoms with Crippen molar-refractivity contribution >= 4 is 28.3 Å². The van der Waals surface area contributed by atoms with Crippen LogP contribution in [0.4, 0.5) is 0 Å². The second-order valence-electron chi connectivity index (χ2n) is 9.01. The molecule has 11 atom stereocenters. The molecule has 0 radical (unpaired) electrons. The minimum Gasteiger partial charge on any atom is -0.748 e. The van der Waals surface area contributed by atoms with Crippen molar-refractivity contribution in [3.63, 3.8) is 0 Å². The van der Waals surface area contributed by atoms with Gasteiger partial charge in [-0.2, -0.15) is 5.48 Å². The Labute approximate surface area is 226 Å². The van der Waals surface area contributed by atoms with Crippen LogP contribution in [0.25, 0.3) is 11.0 Å². The highest BCUT2D eigenvalue weighted by molar-refractivity contribution is 7.74. The second kappa shape index (κ2) is 12.5. The molecule has 2 aliphatic rings. The first-order valence-electron chi connectivity index (χ1n) is 11.7. The van der Waals surface area contributed by atoms with Gasteiger partial charge in [0.05, 0.1) is 6.61 Å². The quantitative estimate of drug-likeness (QED) is 0.0846. The van der Waals surface area contributed by atoms with Crippen molar-refractivity contribution in [2.24, 2.45) is 0 Å². The van der Waals surface area contributed by atoms with Gasteiger partial charge in [-0.1, -0.05) is 0 Å². The number of hydrogen-bond donors (Lipinski definition) is 7. The summed E-state index contributed by atoms with van der Waals surface area (Å²) < 4.78 is 52.7. The highest BCUT2D eigenvalue weighted by Gasteiger charge is 2.53. The Kier molecular flexibility index (Phi) is 9.50. The molecule has 0 amide bonds. The zero-order chi connectivity index (χ0) is 29.3. The van der Waals surface area contributed by atoms with E-state index in [1.54, 1.807) is 13.0 Å². The zero-order valence-electron chi connectivity index (χ0n) is 20.5. The Morgan fingerprint density at radius 3 is 2.45 bits per heavy atom. The van der Waals surface area contributed by atoms with Crippen molar-refractivity contribution in [2.45, 2.75) is 68.3 Å². The molecule has 1 aromatic heterocycles. The van der Waals surface area contributed by atoms with Crippen molar-refractivity contribution in [3.05, 3.63) is 40.2 Å². The van der Waals surface area contributed by atoms with E-state index in [9.17, 15) is 49.0 Å². The summed E-state index contributed by atoms with van der Waals surface area (Å²) in [6.07, 6.45) is -16.6. The van der Waals surface area contributed by atoms with E-state index in [0.29, 0.717) is 10.9 Å². The van der Waals surface area contributed by atoms with Gasteiger partial charge >= 0.3 is 11.6 Å². The molecule has 1 unspecified atom stereocenters. The molecule has 0 saturated carbocycles. The van der Waals surface area contributed by atoms with Crippen LogP contribution < -0.4 is 15.8 Å². The number of fused-ring (bicyclic) bond motifs is 1. The Bertz CT molecular complexity index is 1290. The van der Waals surface area contributed by atoms with Crippen molar-refractivity contribution in [1.82, 2.24) is 5.48 Å². The number of benzene rings is 1. The maximum atomic E-state index is 12.0. The van der Waals surface area contributed by atoms with E-state index in [1.165, 1.54) is 18.2 Å². The van der Waals surface area contributed by atoms with Gasteiger partial charge in [0.25, 0.3) is 0 Å². The van der Waals surface area contributed by atoms with Gasteiger partial charge in [-0.3, -0.25) is 0 Å². The standard InChI is InChI=1S/C22H27NO16S/c1-7-4-12(25)35-10-5-8(2-3-9(7)10)34-22-17(29)16(28)18(19(38-22)20(30)31)37-21-13(23-39-40(32)33)15(27)14(26)11(6-24)36-21/h2-5,11,13-19,21-24,26-29H,6H2,1H3,(H,30,31)(H,32,33)/p-1/t11-,13-,14-,15-,16-,17-,18+,19+,21-,22-/m1/s1. The summed E-state index contributed by atoms with van der Waals surface area (Å²) in [5, 5.41) is 61.8. The number of ether oxygens (including phenoxy) is 4. The Hall–Kier alpha value is -2.59. The van der Waals surface area contributed by atoms with E-state index >= 15 is 0 Å². The summed E-state index contributed by atoms with van der Waals surface area (Å²) in [7, 11) is 0. The second-order valence-corrected chi connectivity index (χ2v) is 9.58. The molecule has 2 aromatic rings. The van der Waals surface area contributed by atoms with E-state index in [-0.39, 0.29) is 11.3 Å². The fourth-order valence-electron chi connectivity index (χ4n) is 4.37. The number of rotatable bonds is 9. The van der Waals surface area contributed by atoms with Crippen LogP contribution >= 0.6 is 0 Å². The van der Waals surface area contributed by atoms with Crippen LogP contribution in [0.3, 0.4) is 0 Å². The molecule has 1 aromatic carbocycles. The van der Waals surface area contributed by atoms with Gasteiger partial charge in [-0.25, -0.2) is 18.1 Å². The largest absolute Gasteiger partial charge is 0.748 e. The van der Waals surface area contributed by atoms with Crippen LogP contribution in [-0.2, 0) is 34.7 Å². The van der Waals surface area contributed by atoms with E-state index in [1.807, 2.05) is 5.48 Å². The SMILES string of the molecule is Cc1cc(=O)oc2cc(O[C@@H]3O[C@H](C(=O)O)[C@@H](O[C@H]4O[C@H](CO)[C@@H](O)[C@H](O)[C@H]4NOS(=O)[O-])[C@H](O)[C@H]3O)ccc12. The number of carbonyl (C=O) groups is 1. The Balaban J connectivity index is 1.56. The zero-order valence-corrected chi connectivity index (χ0v) is 21.3. The molecule has 2 aliphatic heterocycles. The lowest BCUT2D eigenvalue weighted by Gasteiger charge is -2.46. The summed E-state index contributed by atoms with van der Waals surface area (Å²) in [6.45, 7) is 0.849. The minimum absolute atomic E-state index is 0.00783. The van der Waals surface area contributed by atoms with Crippen LogP contribution in [0, 0.1) is 6.92 Å². The summed E-state index contributed by atoms with van der Waals surface area (Å²) in [6, 6.07) is 3.88. The van der Waals surface area contributed by atoms with Crippen molar-refractivity contribution in [2.75, 3.05) is 6.61 Å². The number of hydroxylamine groups is 1. The molecule has 40 heavy (non-hydrogen) atoms. The van der Waals surface area contributed by atoms with Crippen molar-refractivity contribution in [3.8, 4) is 5.75 Å². The first kappa shape index (κ1) is 30.4. The predicted octanol–water partition coefficient (Wildman–Crippen LogP) is -3.48. The van der Waals surface area contributed by atoms with Crippen LogP contribution in [0.15, 0.2) is 33.5 Å².